The predicted molar refractivity (Wildman–Crippen MR) is 86.5 cm³/mol. The largest absolute Gasteiger partial charge is 0.271 e. The minimum absolute atomic E-state index is 0.140. The molecule has 0 aromatic heterocycles. The van der Waals surface area contributed by atoms with Crippen LogP contribution in [0.2, 0.25) is 0 Å². The molecule has 0 radical (unpaired) electrons. The van der Waals surface area contributed by atoms with E-state index < -0.39 is 0 Å². The van der Waals surface area contributed by atoms with E-state index in [4.69, 9.17) is 0 Å². The molecule has 0 heterocycles. The standard InChI is InChI=1S/C18H20N2O/c21-18(20-19-13-14-7-2-1-3-8-14)17-12-6-10-15-9-4-5-11-16(15)17/h4-6,9-14H,1-3,7-8H2,(H,20,21)/b19-13+. The van der Waals surface area contributed by atoms with Crippen molar-refractivity contribution in [2.45, 2.75) is 32.1 Å². The smallest absolute Gasteiger partial charge is 0.267 e. The molecular weight excluding hydrogens is 260 g/mol. The summed E-state index contributed by atoms with van der Waals surface area (Å²) in [5.41, 5.74) is 3.34. The number of amides is 1. The van der Waals surface area contributed by atoms with Crippen molar-refractivity contribution in [3.63, 3.8) is 0 Å². The van der Waals surface area contributed by atoms with Crippen LogP contribution in [0.25, 0.3) is 10.8 Å². The van der Waals surface area contributed by atoms with Gasteiger partial charge in [-0.1, -0.05) is 55.7 Å². The van der Waals surface area contributed by atoms with E-state index in [1.54, 1.807) is 0 Å². The fourth-order valence-corrected chi connectivity index (χ4v) is 2.97. The van der Waals surface area contributed by atoms with Crippen LogP contribution in [0.15, 0.2) is 47.6 Å². The summed E-state index contributed by atoms with van der Waals surface area (Å²) >= 11 is 0. The molecule has 0 spiro atoms. The summed E-state index contributed by atoms with van der Waals surface area (Å²) in [7, 11) is 0. The molecule has 0 atom stereocenters. The molecule has 2 aromatic rings. The summed E-state index contributed by atoms with van der Waals surface area (Å²) in [5.74, 6) is 0.380. The number of nitrogens with zero attached hydrogens (tertiary/aromatic N) is 1. The maximum absolute atomic E-state index is 12.3. The van der Waals surface area contributed by atoms with Crippen molar-refractivity contribution in [1.29, 1.82) is 0 Å². The summed E-state index contributed by atoms with van der Waals surface area (Å²) in [4.78, 5) is 12.3. The highest BCUT2D eigenvalue weighted by Gasteiger charge is 2.12. The first-order valence-electron chi connectivity index (χ1n) is 7.66. The van der Waals surface area contributed by atoms with Crippen molar-refractivity contribution in [2.75, 3.05) is 0 Å². The van der Waals surface area contributed by atoms with Crippen LogP contribution in [0.3, 0.4) is 0 Å². The molecule has 1 amide bonds. The lowest BCUT2D eigenvalue weighted by Crippen LogP contribution is -2.19. The molecule has 3 nitrogen and oxygen atoms in total. The van der Waals surface area contributed by atoms with E-state index in [2.05, 4.69) is 10.5 Å². The summed E-state index contributed by atoms with van der Waals surface area (Å²) in [6.07, 6.45) is 8.15. The first kappa shape index (κ1) is 13.8. The first-order valence-corrected chi connectivity index (χ1v) is 7.66. The number of nitrogens with one attached hydrogen (secondary N) is 1. The summed E-state index contributed by atoms with van der Waals surface area (Å²) in [5, 5.41) is 6.19. The molecule has 108 valence electrons. The van der Waals surface area contributed by atoms with Crippen molar-refractivity contribution in [1.82, 2.24) is 5.43 Å². The molecule has 3 heteroatoms. The Bertz CT molecular complexity index is 652. The van der Waals surface area contributed by atoms with Gasteiger partial charge in [-0.25, -0.2) is 5.43 Å². The molecular formula is C18H20N2O. The van der Waals surface area contributed by atoms with E-state index >= 15 is 0 Å². The third-order valence-corrected chi connectivity index (χ3v) is 4.14. The van der Waals surface area contributed by atoms with Gasteiger partial charge in [-0.2, -0.15) is 5.10 Å². The highest BCUT2D eigenvalue weighted by Crippen LogP contribution is 2.22. The number of fused-ring (bicyclic) bond motifs is 1. The van der Waals surface area contributed by atoms with Crippen LogP contribution >= 0.6 is 0 Å². The van der Waals surface area contributed by atoms with Crippen molar-refractivity contribution < 1.29 is 4.79 Å². The van der Waals surface area contributed by atoms with E-state index in [0.717, 1.165) is 10.8 Å². The van der Waals surface area contributed by atoms with Crippen molar-refractivity contribution in [2.24, 2.45) is 11.0 Å². The lowest BCUT2D eigenvalue weighted by Gasteiger charge is -2.16. The Kier molecular flexibility index (Phi) is 4.29. The zero-order valence-corrected chi connectivity index (χ0v) is 12.1. The number of rotatable bonds is 3. The van der Waals surface area contributed by atoms with Crippen LogP contribution in [0.4, 0.5) is 0 Å². The van der Waals surface area contributed by atoms with E-state index in [1.165, 1.54) is 32.1 Å². The van der Waals surface area contributed by atoms with Gasteiger partial charge in [-0.3, -0.25) is 4.79 Å². The molecule has 1 saturated carbocycles. The topological polar surface area (TPSA) is 41.5 Å². The van der Waals surface area contributed by atoms with Crippen LogP contribution < -0.4 is 5.43 Å². The summed E-state index contributed by atoms with van der Waals surface area (Å²) in [6, 6.07) is 13.7. The second kappa shape index (κ2) is 6.53. The van der Waals surface area contributed by atoms with Gasteiger partial charge in [0.2, 0.25) is 0 Å². The summed E-state index contributed by atoms with van der Waals surface area (Å²) < 4.78 is 0. The molecule has 1 fully saturated rings. The van der Waals surface area contributed by atoms with Gasteiger partial charge in [0.15, 0.2) is 0 Å². The number of benzene rings is 2. The lowest BCUT2D eigenvalue weighted by molar-refractivity contribution is 0.0956. The first-order chi connectivity index (χ1) is 10.3. The Morgan fingerprint density at radius 2 is 1.81 bits per heavy atom. The zero-order chi connectivity index (χ0) is 14.5. The third-order valence-electron chi connectivity index (χ3n) is 4.14. The third kappa shape index (κ3) is 3.30. The van der Waals surface area contributed by atoms with Crippen LogP contribution in [0.5, 0.6) is 0 Å². The average Bonchev–Trinajstić information content (AvgIpc) is 2.55. The molecule has 1 aliphatic rings. The monoisotopic (exact) mass is 280 g/mol. The molecule has 0 saturated heterocycles. The van der Waals surface area contributed by atoms with Crippen LogP contribution in [-0.2, 0) is 0 Å². The fraction of sp³-hybridized carbons (Fsp3) is 0.333. The molecule has 2 aromatic carbocycles. The van der Waals surface area contributed by atoms with Crippen LogP contribution in [0, 0.1) is 5.92 Å². The lowest BCUT2D eigenvalue weighted by atomic mass is 9.90. The Hall–Kier alpha value is -2.16. The quantitative estimate of drug-likeness (QED) is 0.666. The maximum atomic E-state index is 12.3. The Balaban J connectivity index is 1.70. The second-order valence-corrected chi connectivity index (χ2v) is 5.64. The van der Waals surface area contributed by atoms with Gasteiger partial charge in [-0.05, 0) is 35.6 Å². The highest BCUT2D eigenvalue weighted by atomic mass is 16.2. The van der Waals surface area contributed by atoms with Gasteiger partial charge >= 0.3 is 0 Å². The molecule has 3 rings (SSSR count). The summed E-state index contributed by atoms with van der Waals surface area (Å²) in [6.45, 7) is 0. The van der Waals surface area contributed by atoms with Gasteiger partial charge in [0.25, 0.3) is 5.91 Å². The second-order valence-electron chi connectivity index (χ2n) is 5.64. The zero-order valence-electron chi connectivity index (χ0n) is 12.1. The van der Waals surface area contributed by atoms with Crippen molar-refractivity contribution >= 4 is 22.9 Å². The molecule has 21 heavy (non-hydrogen) atoms. The van der Waals surface area contributed by atoms with Crippen molar-refractivity contribution in [3.8, 4) is 0 Å². The number of hydrazone groups is 1. The van der Waals surface area contributed by atoms with E-state index in [1.807, 2.05) is 48.7 Å². The Morgan fingerprint density at radius 3 is 2.67 bits per heavy atom. The van der Waals surface area contributed by atoms with Gasteiger partial charge in [0.1, 0.15) is 0 Å². The molecule has 1 N–H and O–H groups in total. The van der Waals surface area contributed by atoms with Crippen molar-refractivity contribution in [3.05, 3.63) is 48.0 Å². The normalized spacial score (nSPS) is 16.4. The average molecular weight is 280 g/mol. The fourth-order valence-electron chi connectivity index (χ4n) is 2.97. The Morgan fingerprint density at radius 1 is 1.05 bits per heavy atom. The molecule has 0 unspecified atom stereocenters. The van der Waals surface area contributed by atoms with E-state index in [0.29, 0.717) is 11.5 Å². The SMILES string of the molecule is O=C(N/N=C/C1CCCCC1)c1cccc2ccccc12. The molecule has 0 bridgehead atoms. The minimum atomic E-state index is -0.140. The molecule has 1 aliphatic carbocycles. The number of hydrogen-bond acceptors (Lipinski definition) is 2. The van der Waals surface area contributed by atoms with Crippen LogP contribution in [0.1, 0.15) is 42.5 Å². The van der Waals surface area contributed by atoms with Gasteiger partial charge < -0.3 is 0 Å². The van der Waals surface area contributed by atoms with E-state index in [-0.39, 0.29) is 5.91 Å². The van der Waals surface area contributed by atoms with E-state index in [9.17, 15) is 4.79 Å². The maximum Gasteiger partial charge on any atom is 0.271 e. The van der Waals surface area contributed by atoms with Gasteiger partial charge in [-0.15, -0.1) is 0 Å². The highest BCUT2D eigenvalue weighted by molar-refractivity contribution is 6.07. The number of carbonyl (C=O) groups is 1. The molecule has 0 aliphatic heterocycles. The number of hydrogen-bond donors (Lipinski definition) is 1. The van der Waals surface area contributed by atoms with Gasteiger partial charge in [0, 0.05) is 11.8 Å². The predicted octanol–water partition coefficient (Wildman–Crippen LogP) is 4.14. The minimum Gasteiger partial charge on any atom is -0.267 e. The van der Waals surface area contributed by atoms with Gasteiger partial charge in [0.05, 0.1) is 0 Å². The van der Waals surface area contributed by atoms with Crippen LogP contribution in [-0.4, -0.2) is 12.1 Å². The number of carbonyl (C=O) groups excluding carboxylic acids is 1. The Labute approximate surface area is 125 Å².